The maximum Gasteiger partial charge on any atom is 0.251 e. The number of benzene rings is 1. The number of nitrogens with two attached hydrogens (primary N) is 1. The minimum absolute atomic E-state index is 0.0580. The van der Waals surface area contributed by atoms with Crippen LogP contribution in [0.25, 0.3) is 0 Å². The van der Waals surface area contributed by atoms with Crippen molar-refractivity contribution in [2.45, 2.75) is 32.7 Å². The van der Waals surface area contributed by atoms with Gasteiger partial charge in [-0.3, -0.25) is 9.59 Å². The molecule has 0 heterocycles. The highest BCUT2D eigenvalue weighted by Gasteiger charge is 2.24. The van der Waals surface area contributed by atoms with Crippen molar-refractivity contribution in [3.8, 4) is 0 Å². The van der Waals surface area contributed by atoms with Crippen LogP contribution in [0, 0.1) is 11.8 Å². The van der Waals surface area contributed by atoms with Gasteiger partial charge in [-0.05, 0) is 43.0 Å². The van der Waals surface area contributed by atoms with E-state index in [1.807, 2.05) is 13.8 Å². The highest BCUT2D eigenvalue weighted by atomic mass is 16.2. The van der Waals surface area contributed by atoms with E-state index in [-0.39, 0.29) is 23.7 Å². The molecule has 1 unspecified atom stereocenters. The number of anilines is 1. The first-order chi connectivity index (χ1) is 10.0. The zero-order valence-electron chi connectivity index (χ0n) is 12.6. The second-order valence-corrected chi connectivity index (χ2v) is 5.90. The maximum atomic E-state index is 12.1. The second kappa shape index (κ2) is 6.72. The summed E-state index contributed by atoms with van der Waals surface area (Å²) in [5, 5.41) is 5.77. The fraction of sp³-hybridized carbons (Fsp3) is 0.500. The van der Waals surface area contributed by atoms with Gasteiger partial charge in [0.05, 0.1) is 5.92 Å². The van der Waals surface area contributed by atoms with E-state index in [9.17, 15) is 9.59 Å². The number of nitrogens with one attached hydrogen (secondary N) is 2. The largest absolute Gasteiger partial charge is 0.349 e. The molecule has 1 fully saturated rings. The Balaban J connectivity index is 1.95. The van der Waals surface area contributed by atoms with Gasteiger partial charge in [-0.25, -0.2) is 0 Å². The summed E-state index contributed by atoms with van der Waals surface area (Å²) >= 11 is 0. The van der Waals surface area contributed by atoms with Gasteiger partial charge in [0.15, 0.2) is 0 Å². The average Bonchev–Trinajstić information content (AvgIpc) is 3.23. The molecule has 0 aliphatic heterocycles. The molecule has 114 valence electrons. The fourth-order valence-electron chi connectivity index (χ4n) is 2.12. The van der Waals surface area contributed by atoms with Crippen LogP contribution >= 0.6 is 0 Å². The van der Waals surface area contributed by atoms with Crippen molar-refractivity contribution in [3.63, 3.8) is 0 Å². The summed E-state index contributed by atoms with van der Waals surface area (Å²) < 4.78 is 0. The number of carbonyl (C=O) groups is 2. The standard InChI is InChI=1S/C16H23N3O2/c1-10(2)14(9-17)16(21)19-12-5-3-11(4-6-12)15(20)18-13-7-8-13/h3-6,10,13-14H,7-9,17H2,1-2H3,(H,18,20)(H,19,21). The van der Waals surface area contributed by atoms with Gasteiger partial charge in [-0.1, -0.05) is 13.8 Å². The molecular weight excluding hydrogens is 266 g/mol. The smallest absolute Gasteiger partial charge is 0.251 e. The zero-order chi connectivity index (χ0) is 15.4. The summed E-state index contributed by atoms with van der Waals surface area (Å²) in [5.74, 6) is -0.151. The summed E-state index contributed by atoms with van der Waals surface area (Å²) in [6, 6.07) is 7.27. The molecule has 0 radical (unpaired) electrons. The summed E-state index contributed by atoms with van der Waals surface area (Å²) in [6.45, 7) is 4.27. The Morgan fingerprint density at radius 3 is 2.33 bits per heavy atom. The van der Waals surface area contributed by atoms with Crippen molar-refractivity contribution in [2.75, 3.05) is 11.9 Å². The Morgan fingerprint density at radius 1 is 1.24 bits per heavy atom. The molecule has 1 aliphatic carbocycles. The summed E-state index contributed by atoms with van der Waals surface area (Å²) in [7, 11) is 0. The number of rotatable bonds is 6. The molecule has 0 spiro atoms. The minimum atomic E-state index is -0.206. The Hall–Kier alpha value is -1.88. The molecule has 0 bridgehead atoms. The lowest BCUT2D eigenvalue weighted by Gasteiger charge is -2.18. The molecular formula is C16H23N3O2. The quantitative estimate of drug-likeness (QED) is 0.746. The van der Waals surface area contributed by atoms with Gasteiger partial charge in [0, 0.05) is 23.8 Å². The second-order valence-electron chi connectivity index (χ2n) is 5.90. The van der Waals surface area contributed by atoms with Crippen molar-refractivity contribution in [3.05, 3.63) is 29.8 Å². The van der Waals surface area contributed by atoms with E-state index in [4.69, 9.17) is 5.73 Å². The van der Waals surface area contributed by atoms with Gasteiger partial charge in [0.2, 0.25) is 5.91 Å². The monoisotopic (exact) mass is 289 g/mol. The minimum Gasteiger partial charge on any atom is -0.349 e. The highest BCUT2D eigenvalue weighted by Crippen LogP contribution is 2.20. The van der Waals surface area contributed by atoms with Crippen LogP contribution in [0.1, 0.15) is 37.0 Å². The van der Waals surface area contributed by atoms with E-state index in [1.54, 1.807) is 24.3 Å². The van der Waals surface area contributed by atoms with Crippen LogP contribution < -0.4 is 16.4 Å². The van der Waals surface area contributed by atoms with Crippen LogP contribution in [-0.4, -0.2) is 24.4 Å². The van der Waals surface area contributed by atoms with Crippen LogP contribution in [-0.2, 0) is 4.79 Å². The SMILES string of the molecule is CC(C)C(CN)C(=O)Nc1ccc(C(=O)NC2CC2)cc1. The maximum absolute atomic E-state index is 12.1. The number of hydrogen-bond acceptors (Lipinski definition) is 3. The third-order valence-corrected chi connectivity index (χ3v) is 3.72. The van der Waals surface area contributed by atoms with E-state index >= 15 is 0 Å². The molecule has 1 saturated carbocycles. The number of amides is 2. The molecule has 1 aromatic carbocycles. The van der Waals surface area contributed by atoms with Crippen molar-refractivity contribution < 1.29 is 9.59 Å². The van der Waals surface area contributed by atoms with E-state index in [1.165, 1.54) is 0 Å². The molecule has 0 aromatic heterocycles. The van der Waals surface area contributed by atoms with E-state index in [2.05, 4.69) is 10.6 Å². The average molecular weight is 289 g/mol. The van der Waals surface area contributed by atoms with Crippen LogP contribution in [0.15, 0.2) is 24.3 Å². The van der Waals surface area contributed by atoms with E-state index in [0.29, 0.717) is 23.8 Å². The van der Waals surface area contributed by atoms with Crippen LogP contribution in [0.3, 0.4) is 0 Å². The normalized spacial score (nSPS) is 15.6. The van der Waals surface area contributed by atoms with Crippen molar-refractivity contribution >= 4 is 17.5 Å². The first-order valence-electron chi connectivity index (χ1n) is 7.43. The Labute approximate surface area is 125 Å². The molecule has 0 saturated heterocycles. The lowest BCUT2D eigenvalue weighted by atomic mass is 9.95. The van der Waals surface area contributed by atoms with Crippen LogP contribution in [0.4, 0.5) is 5.69 Å². The van der Waals surface area contributed by atoms with Gasteiger partial charge in [0.25, 0.3) is 5.91 Å². The van der Waals surface area contributed by atoms with Crippen LogP contribution in [0.5, 0.6) is 0 Å². The Kier molecular flexibility index (Phi) is 4.96. The first kappa shape index (κ1) is 15.5. The van der Waals surface area contributed by atoms with Crippen molar-refractivity contribution in [1.82, 2.24) is 5.32 Å². The van der Waals surface area contributed by atoms with Crippen molar-refractivity contribution in [1.29, 1.82) is 0 Å². The van der Waals surface area contributed by atoms with E-state index < -0.39 is 0 Å². The van der Waals surface area contributed by atoms with Gasteiger partial charge in [0.1, 0.15) is 0 Å². The lowest BCUT2D eigenvalue weighted by molar-refractivity contribution is -0.120. The number of hydrogen-bond donors (Lipinski definition) is 3. The first-order valence-corrected chi connectivity index (χ1v) is 7.43. The third kappa shape index (κ3) is 4.29. The molecule has 5 nitrogen and oxygen atoms in total. The molecule has 1 aromatic rings. The summed E-state index contributed by atoms with van der Waals surface area (Å²) in [6.07, 6.45) is 2.13. The molecule has 4 N–H and O–H groups in total. The third-order valence-electron chi connectivity index (χ3n) is 3.72. The van der Waals surface area contributed by atoms with Gasteiger partial charge in [-0.2, -0.15) is 0 Å². The van der Waals surface area contributed by atoms with Gasteiger partial charge >= 0.3 is 0 Å². The van der Waals surface area contributed by atoms with Gasteiger partial charge in [-0.15, -0.1) is 0 Å². The topological polar surface area (TPSA) is 84.2 Å². The van der Waals surface area contributed by atoms with Gasteiger partial charge < -0.3 is 16.4 Å². The van der Waals surface area contributed by atoms with Crippen molar-refractivity contribution in [2.24, 2.45) is 17.6 Å². The molecule has 2 rings (SSSR count). The molecule has 1 aliphatic rings. The summed E-state index contributed by atoms with van der Waals surface area (Å²) in [5.41, 5.74) is 6.92. The Morgan fingerprint density at radius 2 is 1.86 bits per heavy atom. The van der Waals surface area contributed by atoms with E-state index in [0.717, 1.165) is 12.8 Å². The predicted octanol–water partition coefficient (Wildman–Crippen LogP) is 1.75. The highest BCUT2D eigenvalue weighted by molar-refractivity contribution is 5.96. The predicted molar refractivity (Wildman–Crippen MR) is 82.9 cm³/mol. The molecule has 21 heavy (non-hydrogen) atoms. The Bertz CT molecular complexity index is 507. The van der Waals surface area contributed by atoms with Crippen LogP contribution in [0.2, 0.25) is 0 Å². The fourth-order valence-corrected chi connectivity index (χ4v) is 2.12. The molecule has 1 atom stereocenters. The molecule has 5 heteroatoms. The number of carbonyl (C=O) groups excluding carboxylic acids is 2. The summed E-state index contributed by atoms with van der Waals surface area (Å²) in [4.78, 5) is 23.9. The molecule has 2 amide bonds. The lowest BCUT2D eigenvalue weighted by Crippen LogP contribution is -2.33. The zero-order valence-corrected chi connectivity index (χ0v) is 12.6.